The molecule has 2 atom stereocenters. The largest absolute Gasteiger partial charge is 0.444 e. The first kappa shape index (κ1) is 30.3. The van der Waals surface area contributed by atoms with E-state index in [0.717, 1.165) is 89.3 Å². The van der Waals surface area contributed by atoms with Crippen molar-refractivity contribution >= 4 is 23.2 Å². The van der Waals surface area contributed by atoms with Gasteiger partial charge in [-0.25, -0.2) is 19.6 Å². The smallest absolute Gasteiger partial charge is 0.410 e. The van der Waals surface area contributed by atoms with Crippen molar-refractivity contribution in [3.05, 3.63) is 59.3 Å². The first-order valence-corrected chi connectivity index (χ1v) is 16.5. The van der Waals surface area contributed by atoms with Crippen molar-refractivity contribution in [2.75, 3.05) is 13.1 Å². The summed E-state index contributed by atoms with van der Waals surface area (Å²) < 4.78 is 11.4. The Labute approximate surface area is 269 Å². The van der Waals surface area contributed by atoms with Gasteiger partial charge in [0.05, 0.1) is 28.8 Å². The molecule has 2 fully saturated rings. The SMILES string of the molecule is CC(C)(C)OC(=O)N1CCC[C@H]1c1nc2c([nH]1)CCc1cc(-c3ccc4nc([C@@H]5CCCN5C(=O)OC(C)(C)C)[nH]c4c3)ccc1-2. The fourth-order valence-electron chi connectivity index (χ4n) is 7.01. The summed E-state index contributed by atoms with van der Waals surface area (Å²) in [6, 6.07) is 12.7. The lowest BCUT2D eigenvalue weighted by Gasteiger charge is -2.27. The molecule has 242 valence electrons. The summed E-state index contributed by atoms with van der Waals surface area (Å²) in [7, 11) is 0. The number of H-pyrrole nitrogens is 2. The number of carbonyl (C=O) groups is 2. The monoisotopic (exact) mass is 624 g/mol. The quantitative estimate of drug-likeness (QED) is 0.240. The van der Waals surface area contributed by atoms with Gasteiger partial charge >= 0.3 is 12.2 Å². The number of aromatic amines is 2. The number of nitrogens with zero attached hydrogens (tertiary/aromatic N) is 4. The van der Waals surface area contributed by atoms with Gasteiger partial charge in [0.1, 0.15) is 22.9 Å². The number of hydrogen-bond acceptors (Lipinski definition) is 6. The number of hydrogen-bond donors (Lipinski definition) is 2. The molecule has 4 heterocycles. The number of aromatic nitrogens is 4. The summed E-state index contributed by atoms with van der Waals surface area (Å²) in [5, 5.41) is 0. The highest BCUT2D eigenvalue weighted by Gasteiger charge is 2.37. The van der Waals surface area contributed by atoms with Gasteiger partial charge in [0.2, 0.25) is 0 Å². The molecule has 1 aliphatic carbocycles. The zero-order valence-electron chi connectivity index (χ0n) is 27.7. The molecule has 2 aliphatic heterocycles. The summed E-state index contributed by atoms with van der Waals surface area (Å²) in [6.07, 6.45) is 4.79. The van der Waals surface area contributed by atoms with Crippen molar-refractivity contribution < 1.29 is 19.1 Å². The van der Waals surface area contributed by atoms with Crippen LogP contribution in [0.1, 0.15) is 102 Å². The van der Waals surface area contributed by atoms with E-state index in [0.29, 0.717) is 13.1 Å². The normalized spacial score (nSPS) is 19.8. The molecule has 0 spiro atoms. The van der Waals surface area contributed by atoms with E-state index in [1.165, 1.54) is 5.56 Å². The van der Waals surface area contributed by atoms with Gasteiger partial charge in [0.25, 0.3) is 0 Å². The van der Waals surface area contributed by atoms with Crippen LogP contribution in [0.25, 0.3) is 33.4 Å². The van der Waals surface area contributed by atoms with Crippen LogP contribution in [0, 0.1) is 0 Å². The second kappa shape index (κ2) is 11.2. The lowest BCUT2D eigenvalue weighted by atomic mass is 9.89. The van der Waals surface area contributed by atoms with Gasteiger partial charge in [-0.15, -0.1) is 0 Å². The van der Waals surface area contributed by atoms with Gasteiger partial charge in [-0.05, 0) is 109 Å². The number of aryl methyl sites for hydroxylation is 2. The Morgan fingerprint density at radius 2 is 1.35 bits per heavy atom. The average Bonchev–Trinajstić information content (AvgIpc) is 3.79. The topological polar surface area (TPSA) is 116 Å². The number of amides is 2. The van der Waals surface area contributed by atoms with E-state index in [1.807, 2.05) is 52.5 Å². The predicted octanol–water partition coefficient (Wildman–Crippen LogP) is 7.86. The third-order valence-corrected chi connectivity index (χ3v) is 9.03. The van der Waals surface area contributed by atoms with Crippen molar-refractivity contribution in [1.82, 2.24) is 29.7 Å². The van der Waals surface area contributed by atoms with Crippen LogP contribution >= 0.6 is 0 Å². The molecule has 3 aliphatic rings. The molecule has 10 nitrogen and oxygen atoms in total. The molecular formula is C36H44N6O4. The molecule has 0 saturated carbocycles. The van der Waals surface area contributed by atoms with Gasteiger partial charge in [-0.1, -0.05) is 24.3 Å². The molecule has 2 aromatic heterocycles. The van der Waals surface area contributed by atoms with Gasteiger partial charge in [-0.3, -0.25) is 9.80 Å². The Bertz CT molecular complexity index is 1810. The van der Waals surface area contributed by atoms with Crippen LogP contribution in [-0.4, -0.2) is 66.2 Å². The first-order chi connectivity index (χ1) is 21.8. The summed E-state index contributed by atoms with van der Waals surface area (Å²) >= 11 is 0. The second-order valence-electron chi connectivity index (χ2n) is 14.8. The molecule has 7 rings (SSSR count). The van der Waals surface area contributed by atoms with Crippen LogP contribution in [0.15, 0.2) is 36.4 Å². The third-order valence-electron chi connectivity index (χ3n) is 9.03. The maximum Gasteiger partial charge on any atom is 0.410 e. The Hall–Kier alpha value is -4.34. The lowest BCUT2D eigenvalue weighted by Crippen LogP contribution is -2.36. The first-order valence-electron chi connectivity index (χ1n) is 16.5. The lowest BCUT2D eigenvalue weighted by molar-refractivity contribution is 0.0208. The molecule has 4 aromatic rings. The molecule has 2 saturated heterocycles. The van der Waals surface area contributed by atoms with E-state index >= 15 is 0 Å². The third kappa shape index (κ3) is 5.85. The second-order valence-corrected chi connectivity index (χ2v) is 14.8. The summed E-state index contributed by atoms with van der Waals surface area (Å²) in [6.45, 7) is 12.7. The molecular weight excluding hydrogens is 580 g/mol. The molecule has 2 N–H and O–H groups in total. The summed E-state index contributed by atoms with van der Waals surface area (Å²) in [4.78, 5) is 46.5. The minimum atomic E-state index is -0.540. The van der Waals surface area contributed by atoms with Crippen molar-refractivity contribution in [2.45, 2.75) is 103 Å². The van der Waals surface area contributed by atoms with E-state index in [2.05, 4.69) is 40.3 Å². The highest BCUT2D eigenvalue weighted by molar-refractivity contribution is 5.83. The van der Waals surface area contributed by atoms with Crippen LogP contribution in [0.4, 0.5) is 9.59 Å². The zero-order chi connectivity index (χ0) is 32.4. The van der Waals surface area contributed by atoms with Crippen LogP contribution < -0.4 is 0 Å². The highest BCUT2D eigenvalue weighted by atomic mass is 16.6. The van der Waals surface area contributed by atoms with Gasteiger partial charge in [0, 0.05) is 24.3 Å². The Kier molecular flexibility index (Phi) is 7.36. The minimum Gasteiger partial charge on any atom is -0.444 e. The summed E-state index contributed by atoms with van der Waals surface area (Å²) in [5.41, 5.74) is 7.52. The molecule has 46 heavy (non-hydrogen) atoms. The highest BCUT2D eigenvalue weighted by Crippen LogP contribution is 2.39. The number of fused-ring (bicyclic) bond motifs is 4. The van der Waals surface area contributed by atoms with E-state index in [-0.39, 0.29) is 24.3 Å². The van der Waals surface area contributed by atoms with Crippen molar-refractivity contribution in [3.63, 3.8) is 0 Å². The molecule has 2 amide bonds. The van der Waals surface area contributed by atoms with E-state index in [9.17, 15) is 9.59 Å². The fourth-order valence-corrected chi connectivity index (χ4v) is 7.01. The predicted molar refractivity (Wildman–Crippen MR) is 176 cm³/mol. The Morgan fingerprint density at radius 3 is 1.98 bits per heavy atom. The van der Waals surface area contributed by atoms with Crippen molar-refractivity contribution in [1.29, 1.82) is 0 Å². The van der Waals surface area contributed by atoms with Crippen LogP contribution in [0.3, 0.4) is 0 Å². The van der Waals surface area contributed by atoms with Gasteiger partial charge in [-0.2, -0.15) is 0 Å². The molecule has 2 aromatic carbocycles. The van der Waals surface area contributed by atoms with Gasteiger partial charge < -0.3 is 19.4 Å². The number of ether oxygens (including phenoxy) is 2. The fraction of sp³-hybridized carbons (Fsp3) is 0.500. The number of imidazole rings is 2. The van der Waals surface area contributed by atoms with Crippen molar-refractivity contribution in [3.8, 4) is 22.4 Å². The van der Waals surface area contributed by atoms with E-state index < -0.39 is 11.2 Å². The standard InChI is InChI=1S/C36H44N6O4/c1-35(2,3)45-33(43)41-17-7-9-28(41)31-37-25-15-12-22(20-27(25)39-31)21-11-14-24-23(19-21)13-16-26-30(24)40-32(38-26)29-10-8-18-42(29)34(44)46-36(4,5)6/h11-12,14-15,19-20,28-29H,7-10,13,16-18H2,1-6H3,(H,37,39)(H,38,40)/t28-,29-/m0/s1. The van der Waals surface area contributed by atoms with Crippen molar-refractivity contribution in [2.24, 2.45) is 0 Å². The molecule has 10 heteroatoms. The maximum absolute atomic E-state index is 12.9. The molecule has 0 unspecified atom stereocenters. The number of likely N-dealkylation sites (tertiary alicyclic amines) is 2. The molecule has 0 radical (unpaired) electrons. The number of nitrogens with one attached hydrogen (secondary N) is 2. The Morgan fingerprint density at radius 1 is 0.761 bits per heavy atom. The van der Waals surface area contributed by atoms with Gasteiger partial charge in [0.15, 0.2) is 0 Å². The van der Waals surface area contributed by atoms with Crippen LogP contribution in [0.2, 0.25) is 0 Å². The van der Waals surface area contributed by atoms with E-state index in [1.54, 1.807) is 4.90 Å². The average molecular weight is 625 g/mol. The summed E-state index contributed by atoms with van der Waals surface area (Å²) in [5.74, 6) is 1.65. The molecule has 0 bridgehead atoms. The zero-order valence-corrected chi connectivity index (χ0v) is 27.7. The van der Waals surface area contributed by atoms with Crippen LogP contribution in [-0.2, 0) is 22.3 Å². The maximum atomic E-state index is 12.9. The number of carbonyl (C=O) groups excluding carboxylic acids is 2. The number of benzene rings is 2. The van der Waals surface area contributed by atoms with Crippen LogP contribution in [0.5, 0.6) is 0 Å². The number of rotatable bonds is 3. The minimum absolute atomic E-state index is 0.102. The Balaban J connectivity index is 1.12. The van der Waals surface area contributed by atoms with E-state index in [4.69, 9.17) is 19.4 Å².